The van der Waals surface area contributed by atoms with Crippen LogP contribution in [0.15, 0.2) is 23.2 Å². The molecule has 0 spiro atoms. The smallest absolute Gasteiger partial charge is 0.243 e. The number of aryl methyl sites for hydroxylation is 1. The first-order valence-corrected chi connectivity index (χ1v) is 10.3. The molecule has 1 aromatic carbocycles. The van der Waals surface area contributed by atoms with E-state index in [4.69, 9.17) is 4.74 Å². The minimum absolute atomic E-state index is 0.00870. The van der Waals surface area contributed by atoms with Gasteiger partial charge in [-0.05, 0) is 56.1 Å². The number of likely N-dealkylation sites (N-methyl/N-ethyl adjacent to an activating group) is 1. The Morgan fingerprint density at radius 2 is 2.11 bits per heavy atom. The molecule has 154 valence electrons. The SMILES string of the molecule is COc1ccc(C)cc1CCNC(=NCC(=O)N(C)C)NC1CC2CCC1C2. The third-order valence-electron chi connectivity index (χ3n) is 6.05. The van der Waals surface area contributed by atoms with Crippen LogP contribution in [0.4, 0.5) is 0 Å². The number of nitrogens with zero attached hydrogens (tertiary/aromatic N) is 2. The van der Waals surface area contributed by atoms with Gasteiger partial charge in [-0.1, -0.05) is 24.1 Å². The zero-order valence-corrected chi connectivity index (χ0v) is 17.6. The van der Waals surface area contributed by atoms with Crippen molar-refractivity contribution in [1.29, 1.82) is 0 Å². The van der Waals surface area contributed by atoms with Crippen molar-refractivity contribution in [3.63, 3.8) is 0 Å². The number of nitrogens with one attached hydrogen (secondary N) is 2. The Morgan fingerprint density at radius 3 is 2.75 bits per heavy atom. The summed E-state index contributed by atoms with van der Waals surface area (Å²) in [6.07, 6.45) is 6.08. The highest BCUT2D eigenvalue weighted by molar-refractivity contribution is 5.85. The summed E-state index contributed by atoms with van der Waals surface area (Å²) in [5, 5.41) is 7.04. The molecule has 2 N–H and O–H groups in total. The van der Waals surface area contributed by atoms with E-state index in [-0.39, 0.29) is 12.5 Å². The second kappa shape index (κ2) is 9.30. The molecular formula is C22H34N4O2. The molecule has 3 atom stereocenters. The zero-order chi connectivity index (χ0) is 20.1. The van der Waals surface area contributed by atoms with Gasteiger partial charge in [-0.25, -0.2) is 4.99 Å². The summed E-state index contributed by atoms with van der Waals surface area (Å²) in [4.78, 5) is 18.1. The fourth-order valence-electron chi connectivity index (χ4n) is 4.46. The van der Waals surface area contributed by atoms with E-state index in [1.807, 2.05) is 6.07 Å². The quantitative estimate of drug-likeness (QED) is 0.558. The number of carbonyl (C=O) groups excluding carboxylic acids is 1. The lowest BCUT2D eigenvalue weighted by Gasteiger charge is -2.25. The van der Waals surface area contributed by atoms with Gasteiger partial charge in [0.15, 0.2) is 5.96 Å². The molecule has 3 unspecified atom stereocenters. The van der Waals surface area contributed by atoms with Crippen LogP contribution in [-0.2, 0) is 11.2 Å². The van der Waals surface area contributed by atoms with Gasteiger partial charge in [0, 0.05) is 26.7 Å². The molecule has 2 saturated carbocycles. The van der Waals surface area contributed by atoms with E-state index >= 15 is 0 Å². The summed E-state index contributed by atoms with van der Waals surface area (Å²) in [5.74, 6) is 3.28. The molecule has 2 aliphatic carbocycles. The number of methoxy groups -OCH3 is 1. The van der Waals surface area contributed by atoms with Gasteiger partial charge in [0.05, 0.1) is 7.11 Å². The van der Waals surface area contributed by atoms with Gasteiger partial charge >= 0.3 is 0 Å². The van der Waals surface area contributed by atoms with E-state index in [0.717, 1.165) is 36.5 Å². The number of carbonyl (C=O) groups is 1. The summed E-state index contributed by atoms with van der Waals surface area (Å²) < 4.78 is 5.48. The summed E-state index contributed by atoms with van der Waals surface area (Å²) in [6.45, 7) is 2.99. The molecule has 2 fully saturated rings. The third kappa shape index (κ3) is 5.18. The van der Waals surface area contributed by atoms with Gasteiger partial charge in [0.25, 0.3) is 0 Å². The van der Waals surface area contributed by atoms with Crippen LogP contribution in [0.1, 0.15) is 36.8 Å². The Morgan fingerprint density at radius 1 is 1.29 bits per heavy atom. The number of ether oxygens (including phenoxy) is 1. The molecule has 3 rings (SSSR count). The molecule has 0 saturated heterocycles. The van der Waals surface area contributed by atoms with Gasteiger partial charge in [-0.2, -0.15) is 0 Å². The average molecular weight is 387 g/mol. The number of aliphatic imine (C=N–C) groups is 1. The van der Waals surface area contributed by atoms with Gasteiger partial charge in [-0.3, -0.25) is 4.79 Å². The first-order chi connectivity index (χ1) is 13.5. The Hall–Kier alpha value is -2.24. The Labute approximate surface area is 168 Å². The lowest BCUT2D eigenvalue weighted by molar-refractivity contribution is -0.127. The second-order valence-electron chi connectivity index (χ2n) is 8.37. The number of guanidine groups is 1. The van der Waals surface area contributed by atoms with Crippen LogP contribution in [-0.4, -0.2) is 57.1 Å². The van der Waals surface area contributed by atoms with Crippen molar-refractivity contribution < 1.29 is 9.53 Å². The van der Waals surface area contributed by atoms with E-state index in [2.05, 4.69) is 34.7 Å². The molecule has 0 aromatic heterocycles. The average Bonchev–Trinajstić information content (AvgIpc) is 3.29. The lowest BCUT2D eigenvalue weighted by atomic mass is 9.95. The number of rotatable bonds is 7. The van der Waals surface area contributed by atoms with Crippen molar-refractivity contribution in [2.24, 2.45) is 16.8 Å². The summed E-state index contributed by atoms with van der Waals surface area (Å²) in [5.41, 5.74) is 2.40. The standard InChI is InChI=1S/C22H34N4O2/c1-15-5-8-20(28-4)18(11-15)9-10-23-22(24-14-21(27)26(2)3)25-19-13-16-6-7-17(19)12-16/h5,8,11,16-17,19H,6-7,9-10,12-14H2,1-4H3,(H2,23,24,25). The third-order valence-corrected chi connectivity index (χ3v) is 6.05. The number of benzene rings is 1. The normalized spacial score (nSPS) is 23.6. The van der Waals surface area contributed by atoms with Crippen molar-refractivity contribution in [1.82, 2.24) is 15.5 Å². The van der Waals surface area contributed by atoms with Crippen molar-refractivity contribution in [2.75, 3.05) is 34.3 Å². The molecule has 6 nitrogen and oxygen atoms in total. The highest BCUT2D eigenvalue weighted by Gasteiger charge is 2.39. The molecule has 0 radical (unpaired) electrons. The maximum atomic E-state index is 12.0. The first-order valence-electron chi connectivity index (χ1n) is 10.3. The molecule has 2 bridgehead atoms. The van der Waals surface area contributed by atoms with Gasteiger partial charge < -0.3 is 20.3 Å². The van der Waals surface area contributed by atoms with Crippen LogP contribution in [0, 0.1) is 18.8 Å². The van der Waals surface area contributed by atoms with Crippen molar-refractivity contribution in [3.8, 4) is 5.75 Å². The van der Waals surface area contributed by atoms with Gasteiger partial charge in [0.1, 0.15) is 12.3 Å². The van der Waals surface area contributed by atoms with Crippen molar-refractivity contribution in [2.45, 2.75) is 45.1 Å². The maximum Gasteiger partial charge on any atom is 0.243 e. The monoisotopic (exact) mass is 386 g/mol. The Bertz CT molecular complexity index is 716. The summed E-state index contributed by atoms with van der Waals surface area (Å²) in [6, 6.07) is 6.72. The minimum Gasteiger partial charge on any atom is -0.496 e. The van der Waals surface area contributed by atoms with Crippen molar-refractivity contribution >= 4 is 11.9 Å². The van der Waals surface area contributed by atoms with Crippen LogP contribution >= 0.6 is 0 Å². The molecular weight excluding hydrogens is 352 g/mol. The van der Waals surface area contributed by atoms with Crippen LogP contribution in [0.3, 0.4) is 0 Å². The highest BCUT2D eigenvalue weighted by Crippen LogP contribution is 2.44. The molecule has 0 aliphatic heterocycles. The Kier molecular flexibility index (Phi) is 6.81. The summed E-state index contributed by atoms with van der Waals surface area (Å²) in [7, 11) is 5.23. The predicted octanol–water partition coefficient (Wildman–Crippen LogP) is 2.36. The molecule has 6 heteroatoms. The minimum atomic E-state index is 0.00870. The van der Waals surface area contributed by atoms with Crippen molar-refractivity contribution in [3.05, 3.63) is 29.3 Å². The molecule has 1 aromatic rings. The topological polar surface area (TPSA) is 66.0 Å². The van der Waals surface area contributed by atoms with Crippen LogP contribution in [0.2, 0.25) is 0 Å². The number of hydrogen-bond donors (Lipinski definition) is 2. The fourth-order valence-corrected chi connectivity index (χ4v) is 4.46. The second-order valence-corrected chi connectivity index (χ2v) is 8.37. The number of fused-ring (bicyclic) bond motifs is 2. The van der Waals surface area contributed by atoms with Crippen LogP contribution in [0.25, 0.3) is 0 Å². The Balaban J connectivity index is 1.61. The van der Waals surface area contributed by atoms with E-state index in [1.165, 1.54) is 36.8 Å². The highest BCUT2D eigenvalue weighted by atomic mass is 16.5. The van der Waals surface area contributed by atoms with E-state index in [1.54, 1.807) is 26.1 Å². The number of hydrogen-bond acceptors (Lipinski definition) is 3. The first kappa shape index (κ1) is 20.5. The molecule has 28 heavy (non-hydrogen) atoms. The van der Waals surface area contributed by atoms with Gasteiger partial charge in [0.2, 0.25) is 5.91 Å². The maximum absolute atomic E-state index is 12.0. The largest absolute Gasteiger partial charge is 0.496 e. The molecule has 1 amide bonds. The van der Waals surface area contributed by atoms with E-state index in [9.17, 15) is 4.79 Å². The molecule has 0 heterocycles. The number of amides is 1. The van der Waals surface area contributed by atoms with E-state index < -0.39 is 0 Å². The van der Waals surface area contributed by atoms with E-state index in [0.29, 0.717) is 6.04 Å². The summed E-state index contributed by atoms with van der Waals surface area (Å²) >= 11 is 0. The van der Waals surface area contributed by atoms with Gasteiger partial charge in [-0.15, -0.1) is 0 Å². The lowest BCUT2D eigenvalue weighted by Crippen LogP contribution is -2.46. The van der Waals surface area contributed by atoms with Crippen LogP contribution in [0.5, 0.6) is 5.75 Å². The fraction of sp³-hybridized carbons (Fsp3) is 0.636. The zero-order valence-electron chi connectivity index (χ0n) is 17.6. The molecule has 2 aliphatic rings. The van der Waals surface area contributed by atoms with Crippen LogP contribution < -0.4 is 15.4 Å². The predicted molar refractivity (Wildman–Crippen MR) is 113 cm³/mol.